The van der Waals surface area contributed by atoms with E-state index in [9.17, 15) is 4.79 Å². The van der Waals surface area contributed by atoms with Gasteiger partial charge >= 0.3 is 5.97 Å². The van der Waals surface area contributed by atoms with Crippen LogP contribution >= 0.6 is 0 Å². The molecular weight excluding hydrogens is 188 g/mol. The number of allylic oxidation sites excluding steroid dienone is 1. The van der Waals surface area contributed by atoms with Crippen molar-refractivity contribution in [3.8, 4) is 0 Å². The lowest BCUT2D eigenvalue weighted by Gasteiger charge is -2.02. The minimum Gasteiger partial charge on any atom is -0.478 e. The summed E-state index contributed by atoms with van der Waals surface area (Å²) in [6, 6.07) is 8.32. The second-order valence-corrected chi connectivity index (χ2v) is 3.81. The first kappa shape index (κ1) is 11.5. The minimum absolute atomic E-state index is 0.801. The van der Waals surface area contributed by atoms with Gasteiger partial charge in [0.1, 0.15) is 0 Å². The first-order valence-corrected chi connectivity index (χ1v) is 5.03. The van der Waals surface area contributed by atoms with E-state index in [0.29, 0.717) is 0 Å². The maximum absolute atomic E-state index is 10.4. The van der Waals surface area contributed by atoms with Gasteiger partial charge in [-0.3, -0.25) is 0 Å². The van der Waals surface area contributed by atoms with Gasteiger partial charge in [0.05, 0.1) is 0 Å². The monoisotopic (exact) mass is 204 g/mol. The predicted octanol–water partition coefficient (Wildman–Crippen LogP) is 2.96. The lowest BCUT2D eigenvalue weighted by molar-refractivity contribution is -0.131. The molecule has 0 fully saturated rings. The Morgan fingerprint density at radius 1 is 1.33 bits per heavy atom. The normalized spacial score (nSPS) is 11.5. The molecule has 2 nitrogen and oxygen atoms in total. The van der Waals surface area contributed by atoms with E-state index < -0.39 is 5.97 Å². The molecule has 0 radical (unpaired) electrons. The smallest absolute Gasteiger partial charge is 0.328 e. The zero-order valence-corrected chi connectivity index (χ0v) is 9.16. The van der Waals surface area contributed by atoms with Crippen molar-refractivity contribution in [3.63, 3.8) is 0 Å². The molecule has 1 N–H and O–H groups in total. The largest absolute Gasteiger partial charge is 0.478 e. The molecular formula is C13H16O2. The maximum atomic E-state index is 10.4. The van der Waals surface area contributed by atoms with Crippen LogP contribution < -0.4 is 0 Å². The Balaban J connectivity index is 2.50. The Kier molecular flexibility index (Phi) is 4.10. The third-order valence-electron chi connectivity index (χ3n) is 2.30. The number of carbonyl (C=O) groups is 1. The van der Waals surface area contributed by atoms with Crippen LogP contribution in [0.1, 0.15) is 24.5 Å². The standard InChI is InChI=1S/C13H16O2/c1-10-3-6-12(7-4-10)8-5-11(2)9-13(14)15/h3-4,6-7,9H,5,8H2,1-2H3,(H,14,15). The molecule has 0 unspecified atom stereocenters. The summed E-state index contributed by atoms with van der Waals surface area (Å²) in [6.45, 7) is 3.90. The highest BCUT2D eigenvalue weighted by molar-refractivity contribution is 5.80. The second kappa shape index (κ2) is 5.35. The quantitative estimate of drug-likeness (QED) is 0.765. The summed E-state index contributed by atoms with van der Waals surface area (Å²) in [5, 5.41) is 8.54. The number of hydrogen-bond donors (Lipinski definition) is 1. The third-order valence-corrected chi connectivity index (χ3v) is 2.30. The lowest BCUT2D eigenvalue weighted by atomic mass is 10.0. The Morgan fingerprint density at radius 3 is 2.47 bits per heavy atom. The Morgan fingerprint density at radius 2 is 1.93 bits per heavy atom. The number of carboxylic acid groups (broad SMARTS) is 1. The molecule has 2 heteroatoms. The molecule has 80 valence electrons. The van der Waals surface area contributed by atoms with Crippen LogP contribution in [0.15, 0.2) is 35.9 Å². The molecule has 15 heavy (non-hydrogen) atoms. The van der Waals surface area contributed by atoms with Gasteiger partial charge in [-0.25, -0.2) is 4.79 Å². The number of aliphatic carboxylic acids is 1. The molecule has 0 spiro atoms. The first-order chi connectivity index (χ1) is 7.08. The van der Waals surface area contributed by atoms with Gasteiger partial charge in [-0.1, -0.05) is 35.4 Å². The van der Waals surface area contributed by atoms with Gasteiger partial charge in [-0.05, 0) is 32.3 Å². The third kappa shape index (κ3) is 4.45. The van der Waals surface area contributed by atoms with Crippen molar-refractivity contribution < 1.29 is 9.90 Å². The summed E-state index contributed by atoms with van der Waals surface area (Å²) in [7, 11) is 0. The molecule has 1 rings (SSSR count). The zero-order valence-electron chi connectivity index (χ0n) is 9.16. The zero-order chi connectivity index (χ0) is 11.3. The van der Waals surface area contributed by atoms with E-state index in [4.69, 9.17) is 5.11 Å². The molecule has 0 heterocycles. The SMILES string of the molecule is CC(=CC(=O)O)CCc1ccc(C)cc1. The summed E-state index contributed by atoms with van der Waals surface area (Å²) in [4.78, 5) is 10.4. The number of carboxylic acids is 1. The van der Waals surface area contributed by atoms with E-state index >= 15 is 0 Å². The van der Waals surface area contributed by atoms with Gasteiger partial charge in [-0.15, -0.1) is 0 Å². The summed E-state index contributed by atoms with van der Waals surface area (Å²) in [5.74, 6) is -0.864. The number of rotatable bonds is 4. The van der Waals surface area contributed by atoms with Crippen molar-refractivity contribution in [2.24, 2.45) is 0 Å². The maximum Gasteiger partial charge on any atom is 0.328 e. The summed E-state index contributed by atoms with van der Waals surface area (Å²) < 4.78 is 0. The van der Waals surface area contributed by atoms with Crippen molar-refractivity contribution in [3.05, 3.63) is 47.0 Å². The predicted molar refractivity (Wildman–Crippen MR) is 60.9 cm³/mol. The summed E-state index contributed by atoms with van der Waals surface area (Å²) in [5.41, 5.74) is 3.40. The fourth-order valence-electron chi connectivity index (χ4n) is 1.38. The average Bonchev–Trinajstić information content (AvgIpc) is 2.16. The highest BCUT2D eigenvalue weighted by Gasteiger charge is 1.96. The van der Waals surface area contributed by atoms with Crippen molar-refractivity contribution in [2.75, 3.05) is 0 Å². The van der Waals surface area contributed by atoms with E-state index in [2.05, 4.69) is 31.2 Å². The van der Waals surface area contributed by atoms with E-state index in [0.717, 1.165) is 18.4 Å². The Labute approximate surface area is 90.3 Å². The highest BCUT2D eigenvalue weighted by atomic mass is 16.4. The molecule has 0 amide bonds. The van der Waals surface area contributed by atoms with Gasteiger partial charge in [0.15, 0.2) is 0 Å². The fourth-order valence-corrected chi connectivity index (χ4v) is 1.38. The van der Waals surface area contributed by atoms with Crippen molar-refractivity contribution in [1.29, 1.82) is 0 Å². The fraction of sp³-hybridized carbons (Fsp3) is 0.308. The second-order valence-electron chi connectivity index (χ2n) is 3.81. The van der Waals surface area contributed by atoms with E-state index in [-0.39, 0.29) is 0 Å². The Bertz CT molecular complexity index is 361. The van der Waals surface area contributed by atoms with Gasteiger partial charge in [0, 0.05) is 6.08 Å². The van der Waals surface area contributed by atoms with E-state index in [1.165, 1.54) is 17.2 Å². The van der Waals surface area contributed by atoms with Crippen LogP contribution in [0.4, 0.5) is 0 Å². The van der Waals surface area contributed by atoms with Crippen molar-refractivity contribution in [2.45, 2.75) is 26.7 Å². The molecule has 1 aromatic rings. The van der Waals surface area contributed by atoms with Crippen LogP contribution in [0.25, 0.3) is 0 Å². The topological polar surface area (TPSA) is 37.3 Å². The van der Waals surface area contributed by atoms with Crippen LogP contribution in [0.5, 0.6) is 0 Å². The molecule has 1 aromatic carbocycles. The lowest BCUT2D eigenvalue weighted by Crippen LogP contribution is -1.92. The van der Waals surface area contributed by atoms with Crippen LogP contribution in [0.3, 0.4) is 0 Å². The Hall–Kier alpha value is -1.57. The van der Waals surface area contributed by atoms with Gasteiger partial charge in [0.25, 0.3) is 0 Å². The van der Waals surface area contributed by atoms with E-state index in [1.807, 2.05) is 6.92 Å². The first-order valence-electron chi connectivity index (χ1n) is 5.03. The number of aryl methyl sites for hydroxylation is 2. The molecule has 0 saturated carbocycles. The molecule has 0 aliphatic rings. The van der Waals surface area contributed by atoms with Crippen LogP contribution in [0.2, 0.25) is 0 Å². The van der Waals surface area contributed by atoms with Gasteiger partial charge in [-0.2, -0.15) is 0 Å². The van der Waals surface area contributed by atoms with Crippen molar-refractivity contribution in [1.82, 2.24) is 0 Å². The molecule has 0 bridgehead atoms. The summed E-state index contributed by atoms with van der Waals surface area (Å²) in [6.07, 6.45) is 2.97. The van der Waals surface area contributed by atoms with Crippen LogP contribution in [-0.4, -0.2) is 11.1 Å². The minimum atomic E-state index is -0.864. The molecule has 0 atom stereocenters. The van der Waals surface area contributed by atoms with Crippen molar-refractivity contribution >= 4 is 5.97 Å². The van der Waals surface area contributed by atoms with E-state index in [1.54, 1.807) is 0 Å². The molecule has 0 aromatic heterocycles. The highest BCUT2D eigenvalue weighted by Crippen LogP contribution is 2.09. The number of benzene rings is 1. The average molecular weight is 204 g/mol. The van der Waals surface area contributed by atoms with Gasteiger partial charge < -0.3 is 5.11 Å². The van der Waals surface area contributed by atoms with Crippen LogP contribution in [-0.2, 0) is 11.2 Å². The summed E-state index contributed by atoms with van der Waals surface area (Å²) >= 11 is 0. The van der Waals surface area contributed by atoms with Crippen LogP contribution in [0, 0.1) is 6.92 Å². The van der Waals surface area contributed by atoms with Gasteiger partial charge in [0.2, 0.25) is 0 Å². The number of hydrogen-bond acceptors (Lipinski definition) is 1. The molecule has 0 aliphatic carbocycles. The molecule has 0 saturated heterocycles. The molecule has 0 aliphatic heterocycles.